The third-order valence-electron chi connectivity index (χ3n) is 2.58. The van der Waals surface area contributed by atoms with Crippen LogP contribution in [0.5, 0.6) is 0 Å². The van der Waals surface area contributed by atoms with Crippen LogP contribution in [0.3, 0.4) is 0 Å². The van der Waals surface area contributed by atoms with E-state index in [2.05, 4.69) is 37.4 Å². The molecule has 0 saturated carbocycles. The van der Waals surface area contributed by atoms with Crippen molar-refractivity contribution in [3.63, 3.8) is 0 Å². The molecule has 2 heteroatoms. The first-order valence-corrected chi connectivity index (χ1v) is 5.55. The molecule has 0 saturated heterocycles. The van der Waals surface area contributed by atoms with Gasteiger partial charge in [-0.25, -0.2) is 0 Å². The number of rotatable bonds is 3. The lowest BCUT2D eigenvalue weighted by Crippen LogP contribution is -2.25. The molecule has 1 atom stereocenters. The Morgan fingerprint density at radius 1 is 1.38 bits per heavy atom. The van der Waals surface area contributed by atoms with E-state index >= 15 is 0 Å². The third-order valence-corrected chi connectivity index (χ3v) is 2.58. The molecule has 0 aliphatic heterocycles. The molecule has 0 unspecified atom stereocenters. The molecule has 86 valence electrons. The van der Waals surface area contributed by atoms with E-state index in [1.165, 1.54) is 16.7 Å². The van der Waals surface area contributed by atoms with Crippen LogP contribution >= 0.6 is 0 Å². The maximum Gasteiger partial charge on any atom is 0.244 e. The molecule has 1 aromatic rings. The minimum atomic E-state index is -0.0455. The largest absolute Gasteiger partial charge is 0.346 e. The predicted octanol–water partition coefficient (Wildman–Crippen LogP) is 3.06. The zero-order valence-corrected chi connectivity index (χ0v) is 10.4. The van der Waals surface area contributed by atoms with Crippen molar-refractivity contribution in [2.45, 2.75) is 33.7 Å². The van der Waals surface area contributed by atoms with Gasteiger partial charge in [0.25, 0.3) is 0 Å². The molecule has 1 aromatic carbocycles. The van der Waals surface area contributed by atoms with E-state index in [1.54, 1.807) is 12.2 Å². The van der Waals surface area contributed by atoms with Gasteiger partial charge in [-0.3, -0.25) is 4.79 Å². The standard InChI is InChI=1S/C14H19NO/c1-5-6-14(16)15-12(4)13-9-10(2)7-8-11(13)3/h5-9,12H,1-4H3,(H,15,16)/b6-5+/t12-/m1/s1. The van der Waals surface area contributed by atoms with Gasteiger partial charge in [-0.2, -0.15) is 0 Å². The van der Waals surface area contributed by atoms with Crippen molar-refractivity contribution in [3.05, 3.63) is 47.0 Å². The fourth-order valence-electron chi connectivity index (χ4n) is 1.72. The topological polar surface area (TPSA) is 29.1 Å². The van der Waals surface area contributed by atoms with Crippen molar-refractivity contribution < 1.29 is 4.79 Å². The van der Waals surface area contributed by atoms with Crippen molar-refractivity contribution in [3.8, 4) is 0 Å². The van der Waals surface area contributed by atoms with Gasteiger partial charge in [0.05, 0.1) is 6.04 Å². The molecule has 0 aromatic heterocycles. The second kappa shape index (κ2) is 5.50. The van der Waals surface area contributed by atoms with Gasteiger partial charge in [0, 0.05) is 0 Å². The lowest BCUT2D eigenvalue weighted by molar-refractivity contribution is -0.117. The molecule has 0 radical (unpaired) electrons. The lowest BCUT2D eigenvalue weighted by atomic mass is 10.00. The van der Waals surface area contributed by atoms with Gasteiger partial charge in [0.2, 0.25) is 5.91 Å². The normalized spacial score (nSPS) is 12.8. The monoisotopic (exact) mass is 217 g/mol. The molecule has 16 heavy (non-hydrogen) atoms. The van der Waals surface area contributed by atoms with Crippen LogP contribution < -0.4 is 5.32 Å². The predicted molar refractivity (Wildman–Crippen MR) is 67.3 cm³/mol. The third kappa shape index (κ3) is 3.23. The second-order valence-corrected chi connectivity index (χ2v) is 4.09. The quantitative estimate of drug-likeness (QED) is 0.775. The fourth-order valence-corrected chi connectivity index (χ4v) is 1.72. The Kier molecular flexibility index (Phi) is 4.29. The van der Waals surface area contributed by atoms with Crippen LogP contribution in [0.15, 0.2) is 30.4 Å². The molecule has 0 spiro atoms. The van der Waals surface area contributed by atoms with E-state index in [9.17, 15) is 4.79 Å². The highest BCUT2D eigenvalue weighted by Gasteiger charge is 2.09. The zero-order chi connectivity index (χ0) is 12.1. The highest BCUT2D eigenvalue weighted by molar-refractivity contribution is 5.87. The summed E-state index contributed by atoms with van der Waals surface area (Å²) in [5, 5.41) is 2.94. The maximum atomic E-state index is 11.4. The van der Waals surface area contributed by atoms with Gasteiger partial charge in [-0.1, -0.05) is 29.8 Å². The molecule has 0 heterocycles. The summed E-state index contributed by atoms with van der Waals surface area (Å²) in [4.78, 5) is 11.4. The first-order valence-electron chi connectivity index (χ1n) is 5.55. The van der Waals surface area contributed by atoms with Crippen molar-refractivity contribution in [1.29, 1.82) is 0 Å². The van der Waals surface area contributed by atoms with Crippen LogP contribution in [0.25, 0.3) is 0 Å². The number of aryl methyl sites for hydroxylation is 2. The van der Waals surface area contributed by atoms with E-state index in [-0.39, 0.29) is 11.9 Å². The number of carbonyl (C=O) groups is 1. The molecule has 1 rings (SSSR count). The SMILES string of the molecule is C/C=C/C(=O)N[C@H](C)c1cc(C)ccc1C. The Hall–Kier alpha value is -1.57. The van der Waals surface area contributed by atoms with Crippen LogP contribution in [0, 0.1) is 13.8 Å². The Labute approximate surface area is 97.4 Å². The van der Waals surface area contributed by atoms with E-state index in [0.29, 0.717) is 0 Å². The Morgan fingerprint density at radius 3 is 2.69 bits per heavy atom. The molecular weight excluding hydrogens is 198 g/mol. The maximum absolute atomic E-state index is 11.4. The zero-order valence-electron chi connectivity index (χ0n) is 10.4. The Balaban J connectivity index is 2.83. The summed E-state index contributed by atoms with van der Waals surface area (Å²) in [5.41, 5.74) is 3.60. The summed E-state index contributed by atoms with van der Waals surface area (Å²) in [6.07, 6.45) is 3.28. The summed E-state index contributed by atoms with van der Waals surface area (Å²) >= 11 is 0. The number of hydrogen-bond acceptors (Lipinski definition) is 1. The Morgan fingerprint density at radius 2 is 2.06 bits per heavy atom. The van der Waals surface area contributed by atoms with E-state index in [1.807, 2.05) is 13.8 Å². The van der Waals surface area contributed by atoms with E-state index < -0.39 is 0 Å². The van der Waals surface area contributed by atoms with Crippen LogP contribution in [-0.4, -0.2) is 5.91 Å². The number of hydrogen-bond donors (Lipinski definition) is 1. The fraction of sp³-hybridized carbons (Fsp3) is 0.357. The van der Waals surface area contributed by atoms with E-state index in [0.717, 1.165) is 0 Å². The van der Waals surface area contributed by atoms with Gasteiger partial charge >= 0.3 is 0 Å². The summed E-state index contributed by atoms with van der Waals surface area (Å²) in [7, 11) is 0. The van der Waals surface area contributed by atoms with Crippen LogP contribution in [0.4, 0.5) is 0 Å². The molecular formula is C14H19NO. The van der Waals surface area contributed by atoms with Gasteiger partial charge in [-0.15, -0.1) is 0 Å². The van der Waals surface area contributed by atoms with Crippen molar-refractivity contribution in [2.75, 3.05) is 0 Å². The molecule has 0 fully saturated rings. The molecule has 2 nitrogen and oxygen atoms in total. The van der Waals surface area contributed by atoms with Crippen molar-refractivity contribution in [1.82, 2.24) is 5.32 Å². The number of allylic oxidation sites excluding steroid dienone is 1. The molecule has 1 amide bonds. The average molecular weight is 217 g/mol. The molecule has 0 aliphatic rings. The number of carbonyl (C=O) groups excluding carboxylic acids is 1. The lowest BCUT2D eigenvalue weighted by Gasteiger charge is -2.16. The highest BCUT2D eigenvalue weighted by atomic mass is 16.1. The van der Waals surface area contributed by atoms with Gasteiger partial charge in [0.1, 0.15) is 0 Å². The van der Waals surface area contributed by atoms with Crippen LogP contribution in [-0.2, 0) is 4.79 Å². The van der Waals surface area contributed by atoms with Gasteiger partial charge in [0.15, 0.2) is 0 Å². The number of nitrogens with one attached hydrogen (secondary N) is 1. The van der Waals surface area contributed by atoms with Gasteiger partial charge < -0.3 is 5.32 Å². The minimum absolute atomic E-state index is 0.0450. The van der Waals surface area contributed by atoms with E-state index in [4.69, 9.17) is 0 Å². The van der Waals surface area contributed by atoms with Crippen molar-refractivity contribution in [2.24, 2.45) is 0 Å². The molecule has 1 N–H and O–H groups in total. The number of amides is 1. The Bertz CT molecular complexity index is 407. The summed E-state index contributed by atoms with van der Waals surface area (Å²) in [6.45, 7) is 7.96. The first kappa shape index (κ1) is 12.5. The molecule has 0 bridgehead atoms. The van der Waals surface area contributed by atoms with Gasteiger partial charge in [-0.05, 0) is 44.9 Å². The summed E-state index contributed by atoms with van der Waals surface area (Å²) in [6, 6.07) is 6.33. The number of benzene rings is 1. The summed E-state index contributed by atoms with van der Waals surface area (Å²) in [5.74, 6) is -0.0455. The second-order valence-electron chi connectivity index (χ2n) is 4.09. The molecule has 0 aliphatic carbocycles. The van der Waals surface area contributed by atoms with Crippen molar-refractivity contribution >= 4 is 5.91 Å². The highest BCUT2D eigenvalue weighted by Crippen LogP contribution is 2.18. The minimum Gasteiger partial charge on any atom is -0.346 e. The smallest absolute Gasteiger partial charge is 0.244 e. The average Bonchev–Trinajstić information content (AvgIpc) is 2.21. The van der Waals surface area contributed by atoms with Crippen LogP contribution in [0.2, 0.25) is 0 Å². The summed E-state index contributed by atoms with van der Waals surface area (Å²) < 4.78 is 0. The van der Waals surface area contributed by atoms with Crippen LogP contribution in [0.1, 0.15) is 36.6 Å². The first-order chi connectivity index (χ1) is 7.54.